The van der Waals surface area contributed by atoms with Gasteiger partial charge >= 0.3 is 0 Å². The molecule has 3 nitrogen and oxygen atoms in total. The van der Waals surface area contributed by atoms with E-state index in [9.17, 15) is 8.42 Å². The van der Waals surface area contributed by atoms with Crippen molar-refractivity contribution in [1.82, 2.24) is 0 Å². The maximum absolute atomic E-state index is 12.1. The van der Waals surface area contributed by atoms with Gasteiger partial charge in [-0.2, -0.15) is 0 Å². The molecule has 1 aromatic carbocycles. The van der Waals surface area contributed by atoms with Gasteiger partial charge in [-0.3, -0.25) is 4.31 Å². The second kappa shape index (κ2) is 4.86. The van der Waals surface area contributed by atoms with E-state index in [1.54, 1.807) is 0 Å². The van der Waals surface area contributed by atoms with Crippen molar-refractivity contribution in [3.05, 3.63) is 29.3 Å². The average molecular weight is 274 g/mol. The zero-order chi connectivity index (χ0) is 12.5. The minimum absolute atomic E-state index is 0.00186. The third-order valence-electron chi connectivity index (χ3n) is 2.98. The highest BCUT2D eigenvalue weighted by atomic mass is 35.5. The molecule has 1 aliphatic heterocycles. The number of alkyl halides is 1. The van der Waals surface area contributed by atoms with Crippen molar-refractivity contribution in [3.8, 4) is 0 Å². The van der Waals surface area contributed by atoms with Gasteiger partial charge in [0.25, 0.3) is 0 Å². The summed E-state index contributed by atoms with van der Waals surface area (Å²) < 4.78 is 25.7. The van der Waals surface area contributed by atoms with Crippen LogP contribution in [0.25, 0.3) is 0 Å². The highest BCUT2D eigenvalue weighted by Crippen LogP contribution is 2.30. The zero-order valence-corrected chi connectivity index (χ0v) is 11.4. The lowest BCUT2D eigenvalue weighted by atomic mass is 10.0. The van der Waals surface area contributed by atoms with Gasteiger partial charge in [0.05, 0.1) is 11.4 Å². The molecule has 2 rings (SSSR count). The first-order valence-electron chi connectivity index (χ1n) is 5.70. The SMILES string of the molecule is Cc1ccc2c(c1)CCCN2S(=O)(=O)CCCl. The minimum Gasteiger partial charge on any atom is -0.270 e. The molecule has 0 bridgehead atoms. The number of hydrogen-bond donors (Lipinski definition) is 0. The number of benzene rings is 1. The number of anilines is 1. The summed E-state index contributed by atoms with van der Waals surface area (Å²) in [5.41, 5.74) is 3.11. The van der Waals surface area contributed by atoms with Crippen molar-refractivity contribution in [1.29, 1.82) is 0 Å². The van der Waals surface area contributed by atoms with Gasteiger partial charge in [0.1, 0.15) is 0 Å². The molecule has 0 saturated heterocycles. The second-order valence-electron chi connectivity index (χ2n) is 4.31. The Bertz CT molecular complexity index is 513. The zero-order valence-electron chi connectivity index (χ0n) is 9.82. The first kappa shape index (κ1) is 12.7. The largest absolute Gasteiger partial charge is 0.270 e. The summed E-state index contributed by atoms with van der Waals surface area (Å²) in [6, 6.07) is 5.92. The molecule has 17 heavy (non-hydrogen) atoms. The number of halogens is 1. The molecule has 94 valence electrons. The van der Waals surface area contributed by atoms with E-state index >= 15 is 0 Å². The fourth-order valence-corrected chi connectivity index (χ4v) is 4.07. The summed E-state index contributed by atoms with van der Waals surface area (Å²) in [5, 5.41) is 0. The minimum atomic E-state index is -3.26. The number of sulfonamides is 1. The van der Waals surface area contributed by atoms with Crippen LogP contribution in [0.1, 0.15) is 17.5 Å². The highest BCUT2D eigenvalue weighted by molar-refractivity contribution is 7.92. The fraction of sp³-hybridized carbons (Fsp3) is 0.500. The van der Waals surface area contributed by atoms with Crippen LogP contribution < -0.4 is 4.31 Å². The van der Waals surface area contributed by atoms with Crippen molar-refractivity contribution in [2.75, 3.05) is 22.5 Å². The van der Waals surface area contributed by atoms with E-state index in [2.05, 4.69) is 6.07 Å². The average Bonchev–Trinajstić information content (AvgIpc) is 2.27. The topological polar surface area (TPSA) is 37.4 Å². The number of fused-ring (bicyclic) bond motifs is 1. The van der Waals surface area contributed by atoms with Crippen LogP contribution >= 0.6 is 11.6 Å². The van der Waals surface area contributed by atoms with E-state index in [4.69, 9.17) is 11.6 Å². The second-order valence-corrected chi connectivity index (χ2v) is 6.70. The van der Waals surface area contributed by atoms with Gasteiger partial charge in [0, 0.05) is 12.4 Å². The molecule has 0 amide bonds. The van der Waals surface area contributed by atoms with Gasteiger partial charge in [0.15, 0.2) is 0 Å². The monoisotopic (exact) mass is 273 g/mol. The van der Waals surface area contributed by atoms with E-state index in [-0.39, 0.29) is 11.6 Å². The van der Waals surface area contributed by atoms with Gasteiger partial charge in [-0.25, -0.2) is 8.42 Å². The number of hydrogen-bond acceptors (Lipinski definition) is 2. The van der Waals surface area contributed by atoms with Crippen LogP contribution in [0.2, 0.25) is 0 Å². The molecular formula is C12H16ClNO2S. The fourth-order valence-electron chi connectivity index (χ4n) is 2.19. The summed E-state index contributed by atoms with van der Waals surface area (Å²) in [5.74, 6) is 0.141. The van der Waals surface area contributed by atoms with Crippen LogP contribution in [-0.4, -0.2) is 26.6 Å². The lowest BCUT2D eigenvalue weighted by molar-refractivity contribution is 0.588. The molecule has 0 N–H and O–H groups in total. The Morgan fingerprint density at radius 2 is 2.18 bits per heavy atom. The Hall–Kier alpha value is -0.740. The van der Waals surface area contributed by atoms with Crippen molar-refractivity contribution in [2.45, 2.75) is 19.8 Å². The predicted octanol–water partition coefficient (Wildman–Crippen LogP) is 2.32. The summed E-state index contributed by atoms with van der Waals surface area (Å²) in [6.45, 7) is 2.59. The molecule has 1 aliphatic rings. The predicted molar refractivity (Wildman–Crippen MR) is 71.4 cm³/mol. The van der Waals surface area contributed by atoms with Gasteiger partial charge in [0.2, 0.25) is 10.0 Å². The first-order valence-corrected chi connectivity index (χ1v) is 7.85. The lowest BCUT2D eigenvalue weighted by Gasteiger charge is -2.30. The molecule has 0 spiro atoms. The Kier molecular flexibility index (Phi) is 3.64. The molecule has 0 aliphatic carbocycles. The van der Waals surface area contributed by atoms with Gasteiger partial charge in [-0.1, -0.05) is 17.7 Å². The highest BCUT2D eigenvalue weighted by Gasteiger charge is 2.26. The third kappa shape index (κ3) is 2.58. The molecule has 0 saturated carbocycles. The molecule has 0 aromatic heterocycles. The Morgan fingerprint density at radius 3 is 2.88 bits per heavy atom. The van der Waals surface area contributed by atoms with Gasteiger partial charge in [-0.05, 0) is 31.4 Å². The standard InChI is InChI=1S/C12H16ClNO2S/c1-10-4-5-12-11(9-10)3-2-7-14(12)17(15,16)8-6-13/h4-5,9H,2-3,6-8H2,1H3. The van der Waals surface area contributed by atoms with E-state index in [1.165, 1.54) is 9.87 Å². The van der Waals surface area contributed by atoms with Gasteiger partial charge < -0.3 is 0 Å². The summed E-state index contributed by atoms with van der Waals surface area (Å²) in [7, 11) is -3.26. The molecule has 0 atom stereocenters. The van der Waals surface area contributed by atoms with E-state index in [0.29, 0.717) is 6.54 Å². The molecule has 5 heteroatoms. The number of aryl methyl sites for hydroxylation is 2. The van der Waals surface area contributed by atoms with E-state index in [1.807, 2.05) is 19.1 Å². The van der Waals surface area contributed by atoms with Crippen LogP contribution in [0.4, 0.5) is 5.69 Å². The number of nitrogens with zero attached hydrogens (tertiary/aromatic N) is 1. The third-order valence-corrected chi connectivity index (χ3v) is 5.17. The molecular weight excluding hydrogens is 258 g/mol. The summed E-state index contributed by atoms with van der Waals surface area (Å²) >= 11 is 5.55. The molecule has 0 radical (unpaired) electrons. The molecule has 0 unspecified atom stereocenters. The van der Waals surface area contributed by atoms with Crippen molar-refractivity contribution in [3.63, 3.8) is 0 Å². The molecule has 1 aromatic rings. The lowest BCUT2D eigenvalue weighted by Crippen LogP contribution is -2.37. The Labute approximate surface area is 107 Å². The molecule has 0 fully saturated rings. The quantitative estimate of drug-likeness (QED) is 0.793. The first-order chi connectivity index (χ1) is 8.04. The van der Waals surface area contributed by atoms with Gasteiger partial charge in [-0.15, -0.1) is 11.6 Å². The molecule has 1 heterocycles. The maximum Gasteiger partial charge on any atom is 0.236 e. The van der Waals surface area contributed by atoms with E-state index in [0.717, 1.165) is 24.1 Å². The summed E-state index contributed by atoms with van der Waals surface area (Å²) in [4.78, 5) is 0. The van der Waals surface area contributed by atoms with Crippen molar-refractivity contribution < 1.29 is 8.42 Å². The normalized spacial score (nSPS) is 15.8. The van der Waals surface area contributed by atoms with Crippen LogP contribution in [0.15, 0.2) is 18.2 Å². The van der Waals surface area contributed by atoms with Crippen molar-refractivity contribution >= 4 is 27.3 Å². The van der Waals surface area contributed by atoms with E-state index < -0.39 is 10.0 Å². The van der Waals surface area contributed by atoms with Crippen LogP contribution in [0, 0.1) is 6.92 Å². The Morgan fingerprint density at radius 1 is 1.41 bits per heavy atom. The smallest absolute Gasteiger partial charge is 0.236 e. The van der Waals surface area contributed by atoms with Crippen molar-refractivity contribution in [2.24, 2.45) is 0 Å². The van der Waals surface area contributed by atoms with Crippen LogP contribution in [-0.2, 0) is 16.4 Å². The maximum atomic E-state index is 12.1. The Balaban J connectivity index is 2.42. The summed E-state index contributed by atoms with van der Waals surface area (Å²) in [6.07, 6.45) is 1.82. The number of rotatable bonds is 3. The van der Waals surface area contributed by atoms with Crippen LogP contribution in [0.5, 0.6) is 0 Å². The van der Waals surface area contributed by atoms with Crippen LogP contribution in [0.3, 0.4) is 0 Å².